The summed E-state index contributed by atoms with van der Waals surface area (Å²) in [6, 6.07) is 8.01. The first kappa shape index (κ1) is 14.7. The normalized spacial score (nSPS) is 26.0. The Labute approximate surface area is 140 Å². The highest BCUT2D eigenvalue weighted by molar-refractivity contribution is 7.14. The summed E-state index contributed by atoms with van der Waals surface area (Å²) in [6.07, 6.45) is 4.56. The van der Waals surface area contributed by atoms with Crippen molar-refractivity contribution in [3.05, 3.63) is 34.8 Å². The molecule has 0 amide bonds. The van der Waals surface area contributed by atoms with Gasteiger partial charge in [-0.1, -0.05) is 0 Å². The summed E-state index contributed by atoms with van der Waals surface area (Å²) in [5, 5.41) is 10.3. The van der Waals surface area contributed by atoms with Crippen molar-refractivity contribution in [3.8, 4) is 22.4 Å². The molecule has 0 unspecified atom stereocenters. The molecule has 1 aromatic carbocycles. The summed E-state index contributed by atoms with van der Waals surface area (Å²) < 4.78 is 6.28. The van der Waals surface area contributed by atoms with Crippen molar-refractivity contribution in [1.82, 2.24) is 9.88 Å². The number of fused-ring (bicyclic) bond motifs is 3. The first-order valence-corrected chi connectivity index (χ1v) is 8.90. The van der Waals surface area contributed by atoms with Gasteiger partial charge < -0.3 is 4.74 Å². The van der Waals surface area contributed by atoms with Crippen molar-refractivity contribution in [2.75, 3.05) is 19.6 Å². The lowest BCUT2D eigenvalue weighted by Crippen LogP contribution is -2.52. The van der Waals surface area contributed by atoms with Crippen LogP contribution in [0.5, 0.6) is 5.75 Å². The minimum absolute atomic E-state index is 0.248. The molecule has 4 nitrogen and oxygen atoms in total. The number of nitriles is 1. The molecular formula is C18H19N3OS. The van der Waals surface area contributed by atoms with E-state index < -0.39 is 0 Å². The van der Waals surface area contributed by atoms with Crippen molar-refractivity contribution in [3.63, 3.8) is 0 Å². The Morgan fingerprint density at radius 2 is 2.13 bits per heavy atom. The number of hydrogen-bond donors (Lipinski definition) is 0. The number of aromatic nitrogens is 1. The van der Waals surface area contributed by atoms with Crippen LogP contribution < -0.4 is 4.74 Å². The molecule has 0 saturated carbocycles. The fourth-order valence-corrected chi connectivity index (χ4v) is 4.31. The van der Waals surface area contributed by atoms with Crippen molar-refractivity contribution < 1.29 is 4.74 Å². The lowest BCUT2D eigenvalue weighted by atomic mass is 9.86. The molecule has 0 aliphatic carbocycles. The van der Waals surface area contributed by atoms with Gasteiger partial charge in [0.25, 0.3) is 0 Å². The maximum absolute atomic E-state index is 9.32. The Balaban J connectivity index is 1.62. The number of piperidine rings is 3. The van der Waals surface area contributed by atoms with Crippen LogP contribution in [0.3, 0.4) is 0 Å². The van der Waals surface area contributed by atoms with Gasteiger partial charge in [0.05, 0.1) is 11.6 Å². The highest BCUT2D eigenvalue weighted by Gasteiger charge is 2.35. The average molecular weight is 325 g/mol. The predicted molar refractivity (Wildman–Crippen MR) is 90.6 cm³/mol. The molecule has 3 saturated heterocycles. The molecular weight excluding hydrogens is 306 g/mol. The summed E-state index contributed by atoms with van der Waals surface area (Å²) in [4.78, 5) is 8.08. The topological polar surface area (TPSA) is 49.1 Å². The van der Waals surface area contributed by atoms with Gasteiger partial charge in [0.1, 0.15) is 16.9 Å². The van der Waals surface area contributed by atoms with E-state index in [4.69, 9.17) is 4.74 Å². The van der Waals surface area contributed by atoms with Crippen LogP contribution in [0.1, 0.15) is 23.3 Å². The smallest absolute Gasteiger partial charge is 0.123 e. The van der Waals surface area contributed by atoms with Gasteiger partial charge >= 0.3 is 0 Å². The maximum Gasteiger partial charge on any atom is 0.123 e. The summed E-state index contributed by atoms with van der Waals surface area (Å²) in [5.41, 5.74) is 1.60. The third-order valence-electron chi connectivity index (χ3n) is 4.79. The zero-order valence-corrected chi connectivity index (χ0v) is 14.0. The minimum Gasteiger partial charge on any atom is -0.489 e. The van der Waals surface area contributed by atoms with Crippen LogP contribution in [-0.4, -0.2) is 35.6 Å². The van der Waals surface area contributed by atoms with E-state index in [1.165, 1.54) is 30.8 Å². The van der Waals surface area contributed by atoms with E-state index in [1.807, 2.05) is 31.3 Å². The maximum atomic E-state index is 9.32. The van der Waals surface area contributed by atoms with E-state index in [-0.39, 0.29) is 6.10 Å². The number of rotatable bonds is 3. The molecule has 2 aromatic rings. The number of thiazole rings is 1. The standard InChI is InChI=1S/C18H19N3OS/c1-12-10-20-18(23-12)15-6-13(9-19)7-16(8-15)22-17-11-21-4-2-14(17)3-5-21/h6-8,10,14,17H,2-5,11H2,1H3/t17-/m0/s1. The van der Waals surface area contributed by atoms with Gasteiger partial charge in [0.15, 0.2) is 0 Å². The molecule has 1 atom stereocenters. The Morgan fingerprint density at radius 3 is 2.74 bits per heavy atom. The van der Waals surface area contributed by atoms with E-state index >= 15 is 0 Å². The summed E-state index contributed by atoms with van der Waals surface area (Å²) in [5.74, 6) is 1.45. The summed E-state index contributed by atoms with van der Waals surface area (Å²) in [6.45, 7) is 5.45. The van der Waals surface area contributed by atoms with Crippen molar-refractivity contribution in [1.29, 1.82) is 5.26 Å². The van der Waals surface area contributed by atoms with E-state index in [1.54, 1.807) is 11.3 Å². The SMILES string of the molecule is Cc1cnc(-c2cc(C#N)cc(O[C@H]3CN4CCC3CC4)c2)s1. The Bertz CT molecular complexity index is 756. The van der Waals surface area contributed by atoms with Gasteiger partial charge in [-0.05, 0) is 57.0 Å². The average Bonchev–Trinajstić information content (AvgIpc) is 3.02. The third kappa shape index (κ3) is 2.97. The van der Waals surface area contributed by atoms with Crippen molar-refractivity contribution in [2.24, 2.45) is 5.92 Å². The van der Waals surface area contributed by atoms with E-state index in [0.717, 1.165) is 22.9 Å². The second kappa shape index (κ2) is 5.95. The zero-order chi connectivity index (χ0) is 15.8. The van der Waals surface area contributed by atoms with Gasteiger partial charge in [-0.2, -0.15) is 5.26 Å². The van der Waals surface area contributed by atoms with Crippen LogP contribution >= 0.6 is 11.3 Å². The van der Waals surface area contributed by atoms with Crippen molar-refractivity contribution >= 4 is 11.3 Å². The minimum atomic E-state index is 0.248. The molecule has 5 rings (SSSR count). The van der Waals surface area contributed by atoms with E-state index in [0.29, 0.717) is 11.5 Å². The van der Waals surface area contributed by atoms with Crippen LogP contribution in [0.15, 0.2) is 24.4 Å². The van der Waals surface area contributed by atoms with Gasteiger partial charge in [-0.3, -0.25) is 4.90 Å². The van der Waals surface area contributed by atoms with Crippen LogP contribution in [0.2, 0.25) is 0 Å². The van der Waals surface area contributed by atoms with Crippen LogP contribution in [0.4, 0.5) is 0 Å². The molecule has 3 fully saturated rings. The molecule has 0 N–H and O–H groups in total. The molecule has 118 valence electrons. The largest absolute Gasteiger partial charge is 0.489 e. The van der Waals surface area contributed by atoms with Gasteiger partial charge in [-0.15, -0.1) is 11.3 Å². The molecule has 2 bridgehead atoms. The van der Waals surface area contributed by atoms with Gasteiger partial charge in [0, 0.05) is 23.2 Å². The van der Waals surface area contributed by atoms with Gasteiger partial charge in [-0.25, -0.2) is 4.98 Å². The molecule has 23 heavy (non-hydrogen) atoms. The Hall–Kier alpha value is -1.90. The number of aryl methyl sites for hydroxylation is 1. The predicted octanol–water partition coefficient (Wildman–Crippen LogP) is 3.46. The van der Waals surface area contributed by atoms with Crippen molar-refractivity contribution in [2.45, 2.75) is 25.9 Å². The lowest BCUT2D eigenvalue weighted by Gasteiger charge is -2.44. The van der Waals surface area contributed by atoms with Gasteiger partial charge in [0.2, 0.25) is 0 Å². The molecule has 5 heteroatoms. The second-order valence-corrected chi connectivity index (χ2v) is 7.66. The molecule has 3 aliphatic heterocycles. The first-order valence-electron chi connectivity index (χ1n) is 8.08. The lowest BCUT2D eigenvalue weighted by molar-refractivity contribution is -0.00774. The number of ether oxygens (including phenoxy) is 1. The fraction of sp³-hybridized carbons (Fsp3) is 0.444. The molecule has 3 aliphatic rings. The molecule has 4 heterocycles. The molecule has 0 radical (unpaired) electrons. The summed E-state index contributed by atoms with van der Waals surface area (Å²) >= 11 is 1.64. The van der Waals surface area contributed by atoms with E-state index in [2.05, 4.69) is 16.0 Å². The molecule has 0 spiro atoms. The highest BCUT2D eigenvalue weighted by Crippen LogP contribution is 2.33. The van der Waals surface area contributed by atoms with E-state index in [9.17, 15) is 5.26 Å². The quantitative estimate of drug-likeness (QED) is 0.867. The first-order chi connectivity index (χ1) is 11.2. The monoisotopic (exact) mass is 325 g/mol. The number of benzene rings is 1. The summed E-state index contributed by atoms with van der Waals surface area (Å²) in [7, 11) is 0. The zero-order valence-electron chi connectivity index (χ0n) is 13.2. The Morgan fingerprint density at radius 1 is 1.30 bits per heavy atom. The van der Waals surface area contributed by atoms with Crippen LogP contribution in [-0.2, 0) is 0 Å². The molecule has 1 aromatic heterocycles. The van der Waals surface area contributed by atoms with Crippen LogP contribution in [0.25, 0.3) is 10.6 Å². The second-order valence-electron chi connectivity index (χ2n) is 6.43. The highest BCUT2D eigenvalue weighted by atomic mass is 32.1. The number of hydrogen-bond acceptors (Lipinski definition) is 5. The fourth-order valence-electron chi connectivity index (χ4n) is 3.56. The third-order valence-corrected chi connectivity index (χ3v) is 5.75. The Kier molecular flexibility index (Phi) is 3.80. The number of nitrogens with zero attached hydrogens (tertiary/aromatic N) is 3. The van der Waals surface area contributed by atoms with Crippen LogP contribution in [0, 0.1) is 24.2 Å².